The highest BCUT2D eigenvalue weighted by Crippen LogP contribution is 2.26. The number of thiocarbonyl (C=S) groups is 1. The number of aryl methyl sites for hydroxylation is 1. The van der Waals surface area contributed by atoms with E-state index < -0.39 is 0 Å². The van der Waals surface area contributed by atoms with Crippen molar-refractivity contribution in [2.24, 2.45) is 11.7 Å². The van der Waals surface area contributed by atoms with Gasteiger partial charge in [-0.15, -0.1) is 0 Å². The molecule has 96 valence electrons. The Morgan fingerprint density at radius 1 is 1.44 bits per heavy atom. The molecule has 1 aromatic rings. The number of rotatable bonds is 3. The summed E-state index contributed by atoms with van der Waals surface area (Å²) in [6, 6.07) is 0.0260. The van der Waals surface area contributed by atoms with Crippen molar-refractivity contribution in [1.29, 1.82) is 0 Å². The van der Waals surface area contributed by atoms with Crippen LogP contribution >= 0.6 is 12.2 Å². The van der Waals surface area contributed by atoms with Gasteiger partial charge in [0, 0.05) is 18.2 Å². The number of hydrogen-bond acceptors (Lipinski definition) is 4. The molecule has 1 aliphatic carbocycles. The average molecular weight is 264 g/mol. The fourth-order valence-electron chi connectivity index (χ4n) is 2.23. The van der Waals surface area contributed by atoms with Crippen molar-refractivity contribution in [3.8, 4) is 0 Å². The molecule has 1 heterocycles. The largest absolute Gasteiger partial charge is 0.393 e. The lowest BCUT2D eigenvalue weighted by Gasteiger charge is -2.19. The van der Waals surface area contributed by atoms with E-state index in [0.29, 0.717) is 10.7 Å². The summed E-state index contributed by atoms with van der Waals surface area (Å²) in [5.41, 5.74) is 6.79. The molecular weight excluding hydrogens is 248 g/mol. The van der Waals surface area contributed by atoms with Crippen molar-refractivity contribution in [1.82, 2.24) is 15.3 Å². The molecule has 0 spiro atoms. The summed E-state index contributed by atoms with van der Waals surface area (Å²) in [5.74, 6) is -0.113. The summed E-state index contributed by atoms with van der Waals surface area (Å²) in [7, 11) is 0. The van der Waals surface area contributed by atoms with Crippen LogP contribution in [0.4, 0.5) is 0 Å². The molecule has 0 aliphatic heterocycles. The maximum absolute atomic E-state index is 12.0. The van der Waals surface area contributed by atoms with Crippen molar-refractivity contribution in [3.63, 3.8) is 0 Å². The first kappa shape index (κ1) is 12.9. The lowest BCUT2D eigenvalue weighted by atomic mass is 10.0. The molecule has 3 N–H and O–H groups in total. The van der Waals surface area contributed by atoms with E-state index in [1.54, 1.807) is 6.20 Å². The number of aromatic nitrogens is 2. The van der Waals surface area contributed by atoms with Crippen LogP contribution in [0.15, 0.2) is 12.4 Å². The van der Waals surface area contributed by atoms with Crippen LogP contribution in [-0.4, -0.2) is 26.9 Å². The highest BCUT2D eigenvalue weighted by molar-refractivity contribution is 7.80. The first-order valence-corrected chi connectivity index (χ1v) is 6.37. The number of carbonyl (C=O) groups is 1. The van der Waals surface area contributed by atoms with Crippen LogP contribution in [0.5, 0.6) is 0 Å². The molecule has 1 aromatic heterocycles. The summed E-state index contributed by atoms with van der Waals surface area (Å²) >= 11 is 5.02. The first-order chi connectivity index (χ1) is 8.58. The monoisotopic (exact) mass is 264 g/mol. The molecule has 0 radical (unpaired) electrons. The highest BCUT2D eigenvalue weighted by atomic mass is 32.1. The SMILES string of the molecule is Cc1cnc(C(=O)NC2CCCC2C(N)=S)cn1. The van der Waals surface area contributed by atoms with Crippen LogP contribution in [-0.2, 0) is 0 Å². The van der Waals surface area contributed by atoms with E-state index in [9.17, 15) is 4.79 Å². The Hall–Kier alpha value is -1.56. The van der Waals surface area contributed by atoms with Gasteiger partial charge in [-0.05, 0) is 19.8 Å². The Balaban J connectivity index is 2.03. The van der Waals surface area contributed by atoms with E-state index in [-0.39, 0.29) is 17.9 Å². The predicted octanol–water partition coefficient (Wildman–Crippen LogP) is 0.970. The van der Waals surface area contributed by atoms with E-state index in [1.165, 1.54) is 6.20 Å². The maximum atomic E-state index is 12.0. The molecule has 1 amide bonds. The van der Waals surface area contributed by atoms with Gasteiger partial charge in [0.2, 0.25) is 0 Å². The van der Waals surface area contributed by atoms with Gasteiger partial charge in [-0.25, -0.2) is 4.98 Å². The highest BCUT2D eigenvalue weighted by Gasteiger charge is 2.30. The zero-order valence-electron chi connectivity index (χ0n) is 10.2. The van der Waals surface area contributed by atoms with Gasteiger partial charge >= 0.3 is 0 Å². The molecule has 5 nitrogen and oxygen atoms in total. The normalized spacial score (nSPS) is 22.7. The van der Waals surface area contributed by atoms with Gasteiger partial charge in [0.05, 0.1) is 16.9 Å². The summed E-state index contributed by atoms with van der Waals surface area (Å²) in [4.78, 5) is 20.6. The van der Waals surface area contributed by atoms with E-state index in [0.717, 1.165) is 25.0 Å². The second kappa shape index (κ2) is 5.39. The van der Waals surface area contributed by atoms with Crippen molar-refractivity contribution >= 4 is 23.1 Å². The van der Waals surface area contributed by atoms with Crippen molar-refractivity contribution in [2.75, 3.05) is 0 Å². The Morgan fingerprint density at radius 3 is 2.83 bits per heavy atom. The first-order valence-electron chi connectivity index (χ1n) is 5.97. The van der Waals surface area contributed by atoms with Crippen molar-refractivity contribution in [3.05, 3.63) is 23.8 Å². The number of nitrogens with one attached hydrogen (secondary N) is 1. The fourth-order valence-corrected chi connectivity index (χ4v) is 2.51. The van der Waals surface area contributed by atoms with Gasteiger partial charge in [-0.3, -0.25) is 9.78 Å². The zero-order chi connectivity index (χ0) is 13.1. The van der Waals surface area contributed by atoms with Crippen LogP contribution in [0.1, 0.15) is 35.4 Å². The molecule has 2 unspecified atom stereocenters. The molecule has 2 atom stereocenters. The van der Waals surface area contributed by atoms with Crippen molar-refractivity contribution < 1.29 is 4.79 Å². The molecule has 1 fully saturated rings. The van der Waals surface area contributed by atoms with Crippen LogP contribution in [0.3, 0.4) is 0 Å². The molecule has 0 aromatic carbocycles. The third-order valence-electron chi connectivity index (χ3n) is 3.21. The minimum atomic E-state index is -0.212. The van der Waals surface area contributed by atoms with Gasteiger partial charge < -0.3 is 11.1 Å². The van der Waals surface area contributed by atoms with Gasteiger partial charge in [0.15, 0.2) is 0 Å². The number of amides is 1. The lowest BCUT2D eigenvalue weighted by Crippen LogP contribution is -2.42. The fraction of sp³-hybridized carbons (Fsp3) is 0.500. The second-order valence-corrected chi connectivity index (χ2v) is 5.03. The van der Waals surface area contributed by atoms with Gasteiger partial charge in [-0.2, -0.15) is 0 Å². The maximum Gasteiger partial charge on any atom is 0.271 e. The Labute approximate surface area is 111 Å². The summed E-state index contributed by atoms with van der Waals surface area (Å²) in [5, 5.41) is 2.94. The van der Waals surface area contributed by atoms with Crippen LogP contribution in [0.2, 0.25) is 0 Å². The molecule has 18 heavy (non-hydrogen) atoms. The number of carbonyl (C=O) groups excluding carboxylic acids is 1. The van der Waals surface area contributed by atoms with Crippen LogP contribution < -0.4 is 11.1 Å². The van der Waals surface area contributed by atoms with E-state index in [2.05, 4.69) is 15.3 Å². The average Bonchev–Trinajstić information content (AvgIpc) is 2.78. The lowest BCUT2D eigenvalue weighted by molar-refractivity contribution is 0.0928. The summed E-state index contributed by atoms with van der Waals surface area (Å²) in [6.45, 7) is 1.83. The molecule has 0 bridgehead atoms. The smallest absolute Gasteiger partial charge is 0.271 e. The Morgan fingerprint density at radius 2 is 2.22 bits per heavy atom. The van der Waals surface area contributed by atoms with Crippen LogP contribution in [0, 0.1) is 12.8 Å². The van der Waals surface area contributed by atoms with E-state index >= 15 is 0 Å². The van der Waals surface area contributed by atoms with Gasteiger partial charge in [0.1, 0.15) is 5.69 Å². The zero-order valence-corrected chi connectivity index (χ0v) is 11.0. The molecule has 1 saturated carbocycles. The number of hydrogen-bond donors (Lipinski definition) is 2. The molecular formula is C12H16N4OS. The molecule has 2 rings (SSSR count). The quantitative estimate of drug-likeness (QED) is 0.795. The Bertz CT molecular complexity index is 460. The van der Waals surface area contributed by atoms with Gasteiger partial charge in [0.25, 0.3) is 5.91 Å². The summed E-state index contributed by atoms with van der Waals surface area (Å²) < 4.78 is 0. The van der Waals surface area contributed by atoms with E-state index in [1.807, 2.05) is 6.92 Å². The topological polar surface area (TPSA) is 80.9 Å². The standard InChI is InChI=1S/C12H16N4OS/c1-7-5-15-10(6-14-7)12(17)16-9-4-2-3-8(9)11(13)18/h5-6,8-9H,2-4H2,1H3,(H2,13,18)(H,16,17). The van der Waals surface area contributed by atoms with E-state index in [4.69, 9.17) is 18.0 Å². The Kier molecular flexibility index (Phi) is 3.86. The predicted molar refractivity (Wildman–Crippen MR) is 72.1 cm³/mol. The minimum Gasteiger partial charge on any atom is -0.393 e. The minimum absolute atomic E-state index is 0.0260. The third kappa shape index (κ3) is 2.81. The van der Waals surface area contributed by atoms with Gasteiger partial charge in [-0.1, -0.05) is 18.6 Å². The second-order valence-electron chi connectivity index (χ2n) is 4.56. The molecule has 6 heteroatoms. The molecule has 1 aliphatic rings. The molecule has 0 saturated heterocycles. The third-order valence-corrected chi connectivity index (χ3v) is 3.51. The van der Waals surface area contributed by atoms with Crippen molar-refractivity contribution in [2.45, 2.75) is 32.2 Å². The number of nitrogens with zero attached hydrogens (tertiary/aromatic N) is 2. The van der Waals surface area contributed by atoms with Crippen LogP contribution in [0.25, 0.3) is 0 Å². The number of nitrogens with two attached hydrogens (primary N) is 1. The summed E-state index contributed by atoms with van der Waals surface area (Å²) in [6.07, 6.45) is 5.95.